The molecule has 0 atom stereocenters. The summed E-state index contributed by atoms with van der Waals surface area (Å²) in [5.74, 6) is 0. The second-order valence-corrected chi connectivity index (χ2v) is 14.1. The van der Waals surface area contributed by atoms with E-state index in [1.807, 2.05) is 18.2 Å². The van der Waals surface area contributed by atoms with Crippen molar-refractivity contribution in [3.8, 4) is 33.4 Å². The minimum absolute atomic E-state index is 0.848. The molecule has 11 aromatic rings. The minimum Gasteiger partial charge on any atom is -0.456 e. The summed E-state index contributed by atoms with van der Waals surface area (Å²) in [6.07, 6.45) is 0. The standard InChI is InChI=1S/C52H33NO2/c1-3-12-34(13-4-1)37-22-23-39-33-41(29-26-38(39)32-37)53(40-27-24-36(25-28-40)42-18-11-21-49-50(42)46-17-8-10-20-48(46)54-49)51-43(35-14-5-2-6-15-35)30-31-45-44-16-7-9-19-47(44)55-52(45)51/h1-33H. The molecule has 258 valence electrons. The Balaban J connectivity index is 1.14. The van der Waals surface area contributed by atoms with Crippen LogP contribution in [0.3, 0.4) is 0 Å². The van der Waals surface area contributed by atoms with Crippen LogP contribution in [0.1, 0.15) is 0 Å². The van der Waals surface area contributed by atoms with E-state index in [-0.39, 0.29) is 0 Å². The summed E-state index contributed by atoms with van der Waals surface area (Å²) in [5, 5.41) is 6.78. The molecule has 9 aromatic carbocycles. The van der Waals surface area contributed by atoms with Crippen LogP contribution in [0.2, 0.25) is 0 Å². The number of benzene rings is 9. The third-order valence-corrected chi connectivity index (χ3v) is 10.9. The summed E-state index contributed by atoms with van der Waals surface area (Å²) in [5.41, 5.74) is 13.4. The van der Waals surface area contributed by atoms with Crippen molar-refractivity contribution in [1.29, 1.82) is 0 Å². The molecule has 0 aliphatic carbocycles. The molecule has 0 unspecified atom stereocenters. The van der Waals surface area contributed by atoms with Gasteiger partial charge >= 0.3 is 0 Å². The van der Waals surface area contributed by atoms with Crippen LogP contribution in [0.5, 0.6) is 0 Å². The summed E-state index contributed by atoms with van der Waals surface area (Å²) in [4.78, 5) is 2.37. The first-order valence-electron chi connectivity index (χ1n) is 18.7. The topological polar surface area (TPSA) is 29.5 Å². The summed E-state index contributed by atoms with van der Waals surface area (Å²) >= 11 is 0. The molecule has 0 radical (unpaired) electrons. The number of para-hydroxylation sites is 2. The van der Waals surface area contributed by atoms with Crippen molar-refractivity contribution >= 4 is 71.7 Å². The number of furan rings is 2. The first-order chi connectivity index (χ1) is 27.3. The Hall–Kier alpha value is -7.36. The highest BCUT2D eigenvalue weighted by atomic mass is 16.3. The van der Waals surface area contributed by atoms with Crippen LogP contribution < -0.4 is 4.90 Å². The summed E-state index contributed by atoms with van der Waals surface area (Å²) < 4.78 is 13.1. The van der Waals surface area contributed by atoms with Crippen molar-refractivity contribution in [2.75, 3.05) is 4.90 Å². The number of nitrogens with zero attached hydrogens (tertiary/aromatic N) is 1. The maximum absolute atomic E-state index is 6.84. The lowest BCUT2D eigenvalue weighted by atomic mass is 9.97. The lowest BCUT2D eigenvalue weighted by molar-refractivity contribution is 0.668. The number of rotatable bonds is 6. The van der Waals surface area contributed by atoms with Crippen molar-refractivity contribution in [3.63, 3.8) is 0 Å². The van der Waals surface area contributed by atoms with Crippen LogP contribution in [0.15, 0.2) is 209 Å². The van der Waals surface area contributed by atoms with E-state index >= 15 is 0 Å². The molecule has 3 nitrogen and oxygen atoms in total. The second-order valence-electron chi connectivity index (χ2n) is 14.1. The van der Waals surface area contributed by atoms with Gasteiger partial charge in [0.15, 0.2) is 5.58 Å². The molecule has 0 fully saturated rings. The van der Waals surface area contributed by atoms with Gasteiger partial charge in [-0.3, -0.25) is 0 Å². The Morgan fingerprint density at radius 3 is 1.73 bits per heavy atom. The molecule has 3 heteroatoms. The molecule has 2 aromatic heterocycles. The molecule has 0 amide bonds. The molecule has 2 heterocycles. The van der Waals surface area contributed by atoms with Crippen molar-refractivity contribution in [2.24, 2.45) is 0 Å². The van der Waals surface area contributed by atoms with Gasteiger partial charge in [0.05, 0.1) is 5.69 Å². The van der Waals surface area contributed by atoms with Gasteiger partial charge in [0.25, 0.3) is 0 Å². The monoisotopic (exact) mass is 703 g/mol. The van der Waals surface area contributed by atoms with Gasteiger partial charge in [0.1, 0.15) is 16.7 Å². The zero-order valence-corrected chi connectivity index (χ0v) is 29.8. The molecule has 0 N–H and O–H groups in total. The lowest BCUT2D eigenvalue weighted by Gasteiger charge is -2.28. The van der Waals surface area contributed by atoms with E-state index in [9.17, 15) is 0 Å². The Bertz CT molecular complexity index is 3190. The van der Waals surface area contributed by atoms with Gasteiger partial charge in [-0.15, -0.1) is 0 Å². The van der Waals surface area contributed by atoms with Gasteiger partial charge in [0, 0.05) is 38.5 Å². The van der Waals surface area contributed by atoms with Gasteiger partial charge in [-0.2, -0.15) is 0 Å². The maximum atomic E-state index is 6.84. The molecule has 0 aliphatic rings. The van der Waals surface area contributed by atoms with Crippen LogP contribution in [0.4, 0.5) is 17.1 Å². The highest BCUT2D eigenvalue weighted by Crippen LogP contribution is 2.48. The molecule has 0 saturated carbocycles. The van der Waals surface area contributed by atoms with Gasteiger partial charge in [-0.05, 0) is 93.2 Å². The fraction of sp³-hybridized carbons (Fsp3) is 0. The highest BCUT2D eigenvalue weighted by molar-refractivity contribution is 6.15. The van der Waals surface area contributed by atoms with E-state index in [1.165, 1.54) is 16.5 Å². The van der Waals surface area contributed by atoms with E-state index in [0.717, 1.165) is 88.6 Å². The smallest absolute Gasteiger partial charge is 0.160 e. The van der Waals surface area contributed by atoms with Crippen LogP contribution in [-0.2, 0) is 0 Å². The molecule has 0 spiro atoms. The quantitative estimate of drug-likeness (QED) is 0.173. The summed E-state index contributed by atoms with van der Waals surface area (Å²) in [6, 6.07) is 71.0. The third-order valence-electron chi connectivity index (χ3n) is 10.9. The van der Waals surface area contributed by atoms with Gasteiger partial charge < -0.3 is 13.7 Å². The second kappa shape index (κ2) is 12.6. The van der Waals surface area contributed by atoms with Gasteiger partial charge in [-0.1, -0.05) is 146 Å². The van der Waals surface area contributed by atoms with Crippen LogP contribution in [0.25, 0.3) is 88.0 Å². The highest BCUT2D eigenvalue weighted by Gasteiger charge is 2.24. The summed E-state index contributed by atoms with van der Waals surface area (Å²) in [7, 11) is 0. The van der Waals surface area contributed by atoms with Crippen LogP contribution >= 0.6 is 0 Å². The molecule has 0 aliphatic heterocycles. The molecule has 0 bridgehead atoms. The number of anilines is 3. The lowest BCUT2D eigenvalue weighted by Crippen LogP contribution is -2.11. The Labute approximate surface area is 317 Å². The zero-order valence-electron chi connectivity index (χ0n) is 29.8. The first kappa shape index (κ1) is 31.2. The van der Waals surface area contributed by atoms with Crippen LogP contribution in [-0.4, -0.2) is 0 Å². The summed E-state index contributed by atoms with van der Waals surface area (Å²) in [6.45, 7) is 0. The van der Waals surface area contributed by atoms with E-state index < -0.39 is 0 Å². The van der Waals surface area contributed by atoms with Crippen molar-refractivity contribution in [1.82, 2.24) is 0 Å². The van der Waals surface area contributed by atoms with Gasteiger partial charge in [-0.25, -0.2) is 0 Å². The Kier molecular flexibility index (Phi) is 7.17. The number of hydrogen-bond acceptors (Lipinski definition) is 3. The fourth-order valence-electron chi connectivity index (χ4n) is 8.24. The van der Waals surface area contributed by atoms with Crippen molar-refractivity contribution in [3.05, 3.63) is 200 Å². The maximum Gasteiger partial charge on any atom is 0.160 e. The number of hydrogen-bond donors (Lipinski definition) is 0. The minimum atomic E-state index is 0.848. The average molecular weight is 704 g/mol. The zero-order chi connectivity index (χ0) is 36.3. The molecule has 0 saturated heterocycles. The van der Waals surface area contributed by atoms with Gasteiger partial charge in [0.2, 0.25) is 0 Å². The van der Waals surface area contributed by atoms with Crippen molar-refractivity contribution in [2.45, 2.75) is 0 Å². The van der Waals surface area contributed by atoms with E-state index in [2.05, 4.69) is 187 Å². The Morgan fingerprint density at radius 1 is 0.327 bits per heavy atom. The predicted octanol–water partition coefficient (Wildman–Crippen LogP) is 15.1. The first-order valence-corrected chi connectivity index (χ1v) is 18.7. The molecule has 55 heavy (non-hydrogen) atoms. The average Bonchev–Trinajstić information content (AvgIpc) is 3.83. The van der Waals surface area contributed by atoms with E-state index in [1.54, 1.807) is 0 Å². The molecule has 11 rings (SSSR count). The largest absolute Gasteiger partial charge is 0.456 e. The van der Waals surface area contributed by atoms with Crippen molar-refractivity contribution < 1.29 is 8.83 Å². The number of fused-ring (bicyclic) bond motifs is 7. The fourth-order valence-corrected chi connectivity index (χ4v) is 8.24. The SMILES string of the molecule is c1ccc(-c2ccc3cc(N(c4ccc(-c5cccc6oc7ccccc7c56)cc4)c4c(-c5ccccc5)ccc5c4oc4ccccc45)ccc3c2)cc1. The molecular formula is C52H33NO2. The van der Waals surface area contributed by atoms with E-state index in [0.29, 0.717) is 0 Å². The third kappa shape index (κ3) is 5.20. The van der Waals surface area contributed by atoms with Crippen LogP contribution in [0, 0.1) is 0 Å². The predicted molar refractivity (Wildman–Crippen MR) is 229 cm³/mol. The Morgan fingerprint density at radius 2 is 0.927 bits per heavy atom. The van der Waals surface area contributed by atoms with E-state index in [4.69, 9.17) is 8.83 Å². The normalized spacial score (nSPS) is 11.6. The molecular weight excluding hydrogens is 671 g/mol.